The van der Waals surface area contributed by atoms with E-state index in [0.29, 0.717) is 19.5 Å². The van der Waals surface area contributed by atoms with Crippen molar-refractivity contribution in [1.82, 2.24) is 19.8 Å². The molecule has 0 spiro atoms. The molecule has 2 aliphatic rings. The number of halogens is 3. The van der Waals surface area contributed by atoms with E-state index in [-0.39, 0.29) is 23.8 Å². The van der Waals surface area contributed by atoms with Gasteiger partial charge in [0.2, 0.25) is 5.91 Å². The Kier molecular flexibility index (Phi) is 4.22. The predicted molar refractivity (Wildman–Crippen MR) is 87.8 cm³/mol. The molecule has 2 fully saturated rings. The van der Waals surface area contributed by atoms with Crippen LogP contribution in [-0.2, 0) is 24.1 Å². The molecular weight excluding hydrogens is 345 g/mol. The normalized spacial score (nSPS) is 23.7. The molecule has 138 valence electrons. The summed E-state index contributed by atoms with van der Waals surface area (Å²) in [6, 6.07) is 9.97. The molecule has 2 atom stereocenters. The van der Waals surface area contributed by atoms with Crippen LogP contribution < -0.4 is 0 Å². The third-order valence-electron chi connectivity index (χ3n) is 5.21. The van der Waals surface area contributed by atoms with Crippen molar-refractivity contribution in [2.75, 3.05) is 6.54 Å². The van der Waals surface area contributed by atoms with Gasteiger partial charge in [-0.15, -0.1) is 0 Å². The molecule has 0 bridgehead atoms. The lowest BCUT2D eigenvalue weighted by Gasteiger charge is -2.25. The van der Waals surface area contributed by atoms with E-state index in [1.54, 1.807) is 0 Å². The number of hydrogen-bond donors (Lipinski definition) is 1. The molecule has 0 aliphatic carbocycles. The molecule has 1 aromatic heterocycles. The first-order valence-electron chi connectivity index (χ1n) is 8.60. The van der Waals surface area contributed by atoms with Crippen molar-refractivity contribution >= 4 is 5.91 Å². The first-order valence-corrected chi connectivity index (χ1v) is 8.60. The van der Waals surface area contributed by atoms with Gasteiger partial charge in [0, 0.05) is 31.6 Å². The number of imidazole rings is 1. The number of H-pyrrole nitrogens is 1. The van der Waals surface area contributed by atoms with E-state index in [4.69, 9.17) is 0 Å². The van der Waals surface area contributed by atoms with E-state index in [1.807, 2.05) is 35.2 Å². The van der Waals surface area contributed by atoms with Crippen LogP contribution >= 0.6 is 0 Å². The van der Waals surface area contributed by atoms with Gasteiger partial charge in [0.1, 0.15) is 11.5 Å². The molecule has 2 aromatic rings. The number of aromatic amines is 1. The topological polar surface area (TPSA) is 52.2 Å². The van der Waals surface area contributed by atoms with Crippen molar-refractivity contribution in [1.29, 1.82) is 0 Å². The number of nitrogens with zero attached hydrogens (tertiary/aromatic N) is 3. The van der Waals surface area contributed by atoms with E-state index >= 15 is 0 Å². The summed E-state index contributed by atoms with van der Waals surface area (Å²) in [4.78, 5) is 22.6. The Morgan fingerprint density at radius 1 is 1.15 bits per heavy atom. The van der Waals surface area contributed by atoms with E-state index < -0.39 is 11.9 Å². The van der Waals surface area contributed by atoms with E-state index in [9.17, 15) is 18.0 Å². The third-order valence-corrected chi connectivity index (χ3v) is 5.21. The van der Waals surface area contributed by atoms with Crippen molar-refractivity contribution in [3.05, 3.63) is 53.6 Å². The minimum Gasteiger partial charge on any atom is -0.337 e. The summed E-state index contributed by atoms with van der Waals surface area (Å²) in [5.41, 5.74) is 0.247. The molecule has 3 heterocycles. The Labute approximate surface area is 148 Å². The molecule has 0 radical (unpaired) electrons. The van der Waals surface area contributed by atoms with Crippen LogP contribution in [0.3, 0.4) is 0 Å². The van der Waals surface area contributed by atoms with Crippen molar-refractivity contribution in [2.24, 2.45) is 0 Å². The van der Waals surface area contributed by atoms with Gasteiger partial charge in [-0.1, -0.05) is 30.3 Å². The van der Waals surface area contributed by atoms with Gasteiger partial charge in [-0.05, 0) is 12.0 Å². The largest absolute Gasteiger partial charge is 0.432 e. The fraction of sp³-hybridized carbons (Fsp3) is 0.444. The van der Waals surface area contributed by atoms with Crippen LogP contribution in [0.1, 0.15) is 29.9 Å². The number of aromatic nitrogens is 2. The summed E-state index contributed by atoms with van der Waals surface area (Å²) in [5, 5.41) is 0. The SMILES string of the molecule is O=C1C[C@H]2[C@H](CCN2Cc2ncc(C(F)(F)F)[nH]2)N1Cc1ccccc1. The van der Waals surface area contributed by atoms with Gasteiger partial charge >= 0.3 is 6.18 Å². The Balaban J connectivity index is 1.44. The first-order chi connectivity index (χ1) is 12.4. The molecule has 5 nitrogen and oxygen atoms in total. The maximum Gasteiger partial charge on any atom is 0.432 e. The Hall–Kier alpha value is -2.35. The highest BCUT2D eigenvalue weighted by atomic mass is 19.4. The van der Waals surface area contributed by atoms with Crippen molar-refractivity contribution < 1.29 is 18.0 Å². The summed E-state index contributed by atoms with van der Waals surface area (Å²) >= 11 is 0. The highest BCUT2D eigenvalue weighted by Crippen LogP contribution is 2.34. The Bertz CT molecular complexity index is 789. The Morgan fingerprint density at radius 3 is 2.62 bits per heavy atom. The van der Waals surface area contributed by atoms with E-state index in [2.05, 4.69) is 14.9 Å². The molecular formula is C18H19F3N4O. The predicted octanol–water partition coefficient (Wildman–Crippen LogP) is 2.80. The number of hydrogen-bond acceptors (Lipinski definition) is 3. The molecule has 0 saturated carbocycles. The standard InChI is InChI=1S/C18H19F3N4O/c19-18(20,21)15-9-22-16(23-15)11-24-7-6-13-14(24)8-17(26)25(13)10-12-4-2-1-3-5-12/h1-5,9,13-14H,6-8,10-11H2,(H,22,23)/t13-,14-/m0/s1. The van der Waals surface area contributed by atoms with Gasteiger partial charge in [-0.3, -0.25) is 9.69 Å². The average molecular weight is 364 g/mol. The second kappa shape index (κ2) is 6.42. The number of benzene rings is 1. The molecule has 2 saturated heterocycles. The molecule has 26 heavy (non-hydrogen) atoms. The molecule has 1 amide bonds. The molecule has 1 aromatic carbocycles. The molecule has 1 N–H and O–H groups in total. The number of fused-ring (bicyclic) bond motifs is 1. The van der Waals surface area contributed by atoms with Crippen LogP contribution in [0.25, 0.3) is 0 Å². The van der Waals surface area contributed by atoms with Gasteiger partial charge in [-0.25, -0.2) is 4.98 Å². The minimum atomic E-state index is -4.42. The molecule has 2 aliphatic heterocycles. The van der Waals surface area contributed by atoms with Crippen LogP contribution in [0.15, 0.2) is 36.5 Å². The summed E-state index contributed by atoms with van der Waals surface area (Å²) in [7, 11) is 0. The molecule has 4 rings (SSSR count). The molecule has 8 heteroatoms. The fourth-order valence-electron chi connectivity index (χ4n) is 3.97. The second-order valence-electron chi connectivity index (χ2n) is 6.85. The van der Waals surface area contributed by atoms with Crippen molar-refractivity contribution in [3.63, 3.8) is 0 Å². The van der Waals surface area contributed by atoms with E-state index in [0.717, 1.165) is 24.7 Å². The second-order valence-corrected chi connectivity index (χ2v) is 6.85. The van der Waals surface area contributed by atoms with Crippen LogP contribution in [0.5, 0.6) is 0 Å². The van der Waals surface area contributed by atoms with Crippen molar-refractivity contribution in [2.45, 2.75) is 44.2 Å². The summed E-state index contributed by atoms with van der Waals surface area (Å²) in [6.45, 7) is 1.62. The highest BCUT2D eigenvalue weighted by Gasteiger charge is 2.46. The van der Waals surface area contributed by atoms with Gasteiger partial charge in [-0.2, -0.15) is 13.2 Å². The lowest BCUT2D eigenvalue weighted by Crippen LogP contribution is -2.36. The third kappa shape index (κ3) is 3.21. The number of carbonyl (C=O) groups excluding carboxylic acids is 1. The van der Waals surface area contributed by atoms with Crippen LogP contribution in [0, 0.1) is 0 Å². The van der Waals surface area contributed by atoms with Gasteiger partial charge in [0.05, 0.1) is 12.7 Å². The number of likely N-dealkylation sites (tertiary alicyclic amines) is 2. The van der Waals surface area contributed by atoms with Gasteiger partial charge < -0.3 is 9.88 Å². The zero-order chi connectivity index (χ0) is 18.3. The lowest BCUT2D eigenvalue weighted by molar-refractivity contribution is -0.141. The first kappa shape index (κ1) is 17.1. The smallest absolute Gasteiger partial charge is 0.337 e. The maximum atomic E-state index is 12.7. The zero-order valence-electron chi connectivity index (χ0n) is 14.0. The van der Waals surface area contributed by atoms with Crippen LogP contribution in [-0.4, -0.2) is 44.3 Å². The number of rotatable bonds is 4. The number of nitrogens with one attached hydrogen (secondary N) is 1. The fourth-order valence-corrected chi connectivity index (χ4v) is 3.97. The zero-order valence-corrected chi connectivity index (χ0v) is 14.0. The van der Waals surface area contributed by atoms with Gasteiger partial charge in [0.25, 0.3) is 0 Å². The summed E-state index contributed by atoms with van der Waals surface area (Å²) < 4.78 is 38.1. The number of amides is 1. The number of carbonyl (C=O) groups is 1. The summed E-state index contributed by atoms with van der Waals surface area (Å²) in [5.74, 6) is 0.385. The lowest BCUT2D eigenvalue weighted by atomic mass is 10.1. The average Bonchev–Trinajstić information content (AvgIpc) is 3.28. The maximum absolute atomic E-state index is 12.7. The van der Waals surface area contributed by atoms with E-state index in [1.165, 1.54) is 0 Å². The minimum absolute atomic E-state index is 0.0330. The van der Waals surface area contributed by atoms with Gasteiger partial charge in [0.15, 0.2) is 0 Å². The quantitative estimate of drug-likeness (QED) is 0.908. The monoisotopic (exact) mass is 364 g/mol. The Morgan fingerprint density at radius 2 is 1.92 bits per heavy atom. The highest BCUT2D eigenvalue weighted by molar-refractivity contribution is 5.80. The van der Waals surface area contributed by atoms with Crippen molar-refractivity contribution in [3.8, 4) is 0 Å². The van der Waals surface area contributed by atoms with Crippen LogP contribution in [0.4, 0.5) is 13.2 Å². The van der Waals surface area contributed by atoms with Crippen LogP contribution in [0.2, 0.25) is 0 Å². The number of alkyl halides is 3. The summed E-state index contributed by atoms with van der Waals surface area (Å²) in [6.07, 6.45) is -2.36. The molecule has 0 unspecified atom stereocenters.